The van der Waals surface area contributed by atoms with Crippen LogP contribution in [-0.2, 0) is 5.75 Å². The summed E-state index contributed by atoms with van der Waals surface area (Å²) in [5.41, 5.74) is 3.02. The molecule has 0 unspecified atom stereocenters. The summed E-state index contributed by atoms with van der Waals surface area (Å²) in [6, 6.07) is 15.2. The summed E-state index contributed by atoms with van der Waals surface area (Å²) >= 11 is 1.68. The van der Waals surface area contributed by atoms with E-state index in [0.717, 1.165) is 16.8 Å². The number of halogens is 1. The Hall–Kier alpha value is -1.74. The molecule has 3 aromatic rings. The summed E-state index contributed by atoms with van der Waals surface area (Å²) in [6.07, 6.45) is 0. The standard InChI is InChI=1S/C16H14FNS/c1-11-16(13-7-3-5-9-15(13)18-11)19-10-12-6-2-4-8-14(12)17/h2-9,18H,10H2,1H3. The monoisotopic (exact) mass is 271 g/mol. The zero-order chi connectivity index (χ0) is 13.2. The highest BCUT2D eigenvalue weighted by Crippen LogP contribution is 2.33. The molecule has 0 fully saturated rings. The van der Waals surface area contributed by atoms with Gasteiger partial charge in [0.05, 0.1) is 0 Å². The lowest BCUT2D eigenvalue weighted by molar-refractivity contribution is 0.617. The van der Waals surface area contributed by atoms with Crippen LogP contribution in [0.4, 0.5) is 4.39 Å². The molecule has 0 aliphatic rings. The van der Waals surface area contributed by atoms with Crippen LogP contribution in [0, 0.1) is 12.7 Å². The number of nitrogens with one attached hydrogen (secondary N) is 1. The molecule has 3 heteroatoms. The third kappa shape index (κ3) is 2.38. The van der Waals surface area contributed by atoms with Crippen molar-refractivity contribution in [2.24, 2.45) is 0 Å². The molecule has 3 rings (SSSR count). The number of fused-ring (bicyclic) bond motifs is 1. The van der Waals surface area contributed by atoms with Crippen molar-refractivity contribution in [1.82, 2.24) is 4.98 Å². The van der Waals surface area contributed by atoms with Gasteiger partial charge in [0.15, 0.2) is 0 Å². The van der Waals surface area contributed by atoms with Crippen LogP contribution in [-0.4, -0.2) is 4.98 Å². The van der Waals surface area contributed by atoms with Crippen molar-refractivity contribution >= 4 is 22.7 Å². The first-order chi connectivity index (χ1) is 9.25. The van der Waals surface area contributed by atoms with Crippen LogP contribution in [0.5, 0.6) is 0 Å². The van der Waals surface area contributed by atoms with Crippen LogP contribution in [0.2, 0.25) is 0 Å². The minimum Gasteiger partial charge on any atom is -0.358 e. The molecule has 1 aromatic heterocycles. The van der Waals surface area contributed by atoms with Gasteiger partial charge in [-0.3, -0.25) is 0 Å². The molecule has 1 nitrogen and oxygen atoms in total. The van der Waals surface area contributed by atoms with Crippen molar-refractivity contribution in [1.29, 1.82) is 0 Å². The second-order valence-corrected chi connectivity index (χ2v) is 5.49. The highest BCUT2D eigenvalue weighted by molar-refractivity contribution is 7.98. The molecule has 96 valence electrons. The van der Waals surface area contributed by atoms with Gasteiger partial charge < -0.3 is 4.98 Å². The number of aromatic amines is 1. The van der Waals surface area contributed by atoms with Gasteiger partial charge in [0.2, 0.25) is 0 Å². The molecule has 0 bridgehead atoms. The minimum atomic E-state index is -0.132. The van der Waals surface area contributed by atoms with Crippen molar-refractivity contribution in [3.8, 4) is 0 Å². The van der Waals surface area contributed by atoms with E-state index in [0.29, 0.717) is 5.75 Å². The van der Waals surface area contributed by atoms with Gasteiger partial charge in [-0.15, -0.1) is 11.8 Å². The molecular formula is C16H14FNS. The normalized spacial score (nSPS) is 11.1. The molecular weight excluding hydrogens is 257 g/mol. The Morgan fingerprint density at radius 1 is 1.05 bits per heavy atom. The van der Waals surface area contributed by atoms with Gasteiger partial charge in [-0.05, 0) is 24.6 Å². The first-order valence-corrected chi connectivity index (χ1v) is 7.18. The average molecular weight is 271 g/mol. The smallest absolute Gasteiger partial charge is 0.127 e. The number of thioether (sulfide) groups is 1. The summed E-state index contributed by atoms with van der Waals surface area (Å²) in [6.45, 7) is 2.06. The first kappa shape index (κ1) is 12.3. The van der Waals surface area contributed by atoms with Crippen molar-refractivity contribution in [2.75, 3.05) is 0 Å². The van der Waals surface area contributed by atoms with E-state index in [2.05, 4.69) is 24.0 Å². The van der Waals surface area contributed by atoms with Gasteiger partial charge in [-0.2, -0.15) is 0 Å². The van der Waals surface area contributed by atoms with Crippen molar-refractivity contribution < 1.29 is 4.39 Å². The molecule has 1 N–H and O–H groups in total. The summed E-state index contributed by atoms with van der Waals surface area (Å²) in [4.78, 5) is 4.57. The van der Waals surface area contributed by atoms with Crippen molar-refractivity contribution in [3.05, 3.63) is 65.6 Å². The molecule has 1 heterocycles. The van der Waals surface area contributed by atoms with E-state index in [4.69, 9.17) is 0 Å². The Morgan fingerprint density at radius 2 is 1.79 bits per heavy atom. The lowest BCUT2D eigenvalue weighted by Gasteiger charge is -2.03. The molecule has 0 aliphatic carbocycles. The highest BCUT2D eigenvalue weighted by Gasteiger charge is 2.09. The van der Waals surface area contributed by atoms with E-state index in [-0.39, 0.29) is 5.82 Å². The fraction of sp³-hybridized carbons (Fsp3) is 0.125. The Labute approximate surface area is 115 Å². The SMILES string of the molecule is Cc1[nH]c2ccccc2c1SCc1ccccc1F. The molecule has 0 aliphatic heterocycles. The maximum atomic E-state index is 13.6. The molecule has 19 heavy (non-hydrogen) atoms. The van der Waals surface area contributed by atoms with E-state index in [1.54, 1.807) is 17.8 Å². The number of benzene rings is 2. The first-order valence-electron chi connectivity index (χ1n) is 6.19. The molecule has 0 radical (unpaired) electrons. The lowest BCUT2D eigenvalue weighted by Crippen LogP contribution is -1.86. The second-order valence-electron chi connectivity index (χ2n) is 4.50. The third-order valence-electron chi connectivity index (χ3n) is 3.16. The average Bonchev–Trinajstić information content (AvgIpc) is 2.74. The van der Waals surface area contributed by atoms with E-state index >= 15 is 0 Å². The van der Waals surface area contributed by atoms with Crippen LogP contribution >= 0.6 is 11.8 Å². The summed E-state index contributed by atoms with van der Waals surface area (Å²) in [5.74, 6) is 0.516. The Balaban J connectivity index is 1.90. The summed E-state index contributed by atoms with van der Waals surface area (Å²) in [7, 11) is 0. The predicted molar refractivity (Wildman–Crippen MR) is 79.0 cm³/mol. The van der Waals surface area contributed by atoms with Gasteiger partial charge in [0.1, 0.15) is 5.82 Å². The zero-order valence-electron chi connectivity index (χ0n) is 10.6. The number of aryl methyl sites for hydroxylation is 1. The van der Waals surface area contributed by atoms with Gasteiger partial charge in [0, 0.05) is 27.2 Å². The van der Waals surface area contributed by atoms with Crippen LogP contribution in [0.15, 0.2) is 53.4 Å². The maximum Gasteiger partial charge on any atom is 0.127 e. The van der Waals surface area contributed by atoms with Crippen molar-refractivity contribution in [2.45, 2.75) is 17.6 Å². The largest absolute Gasteiger partial charge is 0.358 e. The topological polar surface area (TPSA) is 15.8 Å². The van der Waals surface area contributed by atoms with Gasteiger partial charge in [-0.25, -0.2) is 4.39 Å². The number of hydrogen-bond donors (Lipinski definition) is 1. The molecule has 0 saturated carbocycles. The van der Waals surface area contributed by atoms with Crippen molar-refractivity contribution in [3.63, 3.8) is 0 Å². The Bertz CT molecular complexity index is 718. The molecule has 0 amide bonds. The number of H-pyrrole nitrogens is 1. The van der Waals surface area contributed by atoms with Crippen LogP contribution in [0.25, 0.3) is 10.9 Å². The van der Waals surface area contributed by atoms with Crippen LogP contribution in [0.1, 0.15) is 11.3 Å². The molecule has 0 atom stereocenters. The van der Waals surface area contributed by atoms with E-state index < -0.39 is 0 Å². The summed E-state index contributed by atoms with van der Waals surface area (Å²) in [5, 5.41) is 1.21. The lowest BCUT2D eigenvalue weighted by atomic mass is 10.2. The van der Waals surface area contributed by atoms with Gasteiger partial charge in [-0.1, -0.05) is 36.4 Å². The number of rotatable bonds is 3. The zero-order valence-corrected chi connectivity index (χ0v) is 11.4. The van der Waals surface area contributed by atoms with E-state index in [9.17, 15) is 4.39 Å². The molecule has 2 aromatic carbocycles. The minimum absolute atomic E-state index is 0.132. The highest BCUT2D eigenvalue weighted by atomic mass is 32.2. The Morgan fingerprint density at radius 3 is 2.63 bits per heavy atom. The quantitative estimate of drug-likeness (QED) is 0.669. The fourth-order valence-corrected chi connectivity index (χ4v) is 3.34. The molecule has 0 saturated heterocycles. The third-order valence-corrected chi connectivity index (χ3v) is 4.43. The van der Waals surface area contributed by atoms with Crippen LogP contribution in [0.3, 0.4) is 0 Å². The molecule has 0 spiro atoms. The fourth-order valence-electron chi connectivity index (χ4n) is 2.20. The Kier molecular flexibility index (Phi) is 3.30. The van der Waals surface area contributed by atoms with Crippen LogP contribution < -0.4 is 0 Å². The predicted octanol–water partition coefficient (Wildman–Crippen LogP) is 4.91. The van der Waals surface area contributed by atoms with Gasteiger partial charge >= 0.3 is 0 Å². The second kappa shape index (κ2) is 5.10. The maximum absolute atomic E-state index is 13.6. The van der Waals surface area contributed by atoms with E-state index in [1.165, 1.54) is 16.3 Å². The summed E-state index contributed by atoms with van der Waals surface area (Å²) < 4.78 is 13.6. The van der Waals surface area contributed by atoms with Gasteiger partial charge in [0.25, 0.3) is 0 Å². The number of aromatic nitrogens is 1. The van der Waals surface area contributed by atoms with E-state index in [1.807, 2.05) is 24.3 Å². The number of para-hydroxylation sites is 1. The number of hydrogen-bond acceptors (Lipinski definition) is 1.